The number of hydrogen-bond acceptors (Lipinski definition) is 0. The molecule has 0 aromatic rings. The van der Waals surface area contributed by atoms with Crippen molar-refractivity contribution < 1.29 is 0 Å². The zero-order valence-corrected chi connectivity index (χ0v) is 23.1. The Balaban J connectivity index is 1.58. The van der Waals surface area contributed by atoms with Crippen LogP contribution in [0.2, 0.25) is 0 Å². The molecule has 0 nitrogen and oxygen atoms in total. The summed E-state index contributed by atoms with van der Waals surface area (Å²) < 4.78 is 0. The lowest BCUT2D eigenvalue weighted by atomic mass is 10.6. The second-order valence-electron chi connectivity index (χ2n) is 8.08. The van der Waals surface area contributed by atoms with E-state index >= 15 is 0 Å². The second-order valence-corrected chi connectivity index (χ2v) is 187. The third-order valence-corrected chi connectivity index (χ3v) is 612. The molecule has 0 amide bonds. The average Bonchev–Trinajstić information content (AvgIpc) is 2.50. The minimum absolute atomic E-state index is 0.639. The van der Waals surface area contributed by atoms with Crippen molar-refractivity contribution in [3.8, 4) is 0 Å². The summed E-state index contributed by atoms with van der Waals surface area (Å²) in [6.45, 7) is 0. The zero-order valence-electron chi connectivity index (χ0n) is 8.08. The van der Waals surface area contributed by atoms with E-state index in [-0.39, 0.29) is 0 Å². The van der Waals surface area contributed by atoms with Gasteiger partial charge in [-0.3, -0.25) is 0 Å². The summed E-state index contributed by atoms with van der Waals surface area (Å²) >= 11 is 0. The Morgan fingerprint density at radius 2 is 0.714 bits per heavy atom. The molecule has 7 fully saturated rings. The molecule has 7 saturated heterocycles. The Labute approximate surface area is 101 Å². The lowest BCUT2D eigenvalue weighted by Crippen LogP contribution is -3.18. The predicted molar refractivity (Wildman–Crippen MR) is 98.7 cm³/mol. The average molecular weight is 389 g/mol. The maximum Gasteiger partial charge on any atom is 0.0960 e. The van der Waals surface area contributed by atoms with Crippen LogP contribution < -0.4 is 0 Å². The van der Waals surface area contributed by atoms with Gasteiger partial charge in [0.2, 0.25) is 0 Å². The van der Waals surface area contributed by atoms with Crippen LogP contribution in [0.15, 0.2) is 0 Å². The van der Waals surface area contributed by atoms with Crippen molar-refractivity contribution in [3.05, 3.63) is 0 Å². The van der Waals surface area contributed by atoms with Gasteiger partial charge in [-0.25, -0.2) is 0 Å². The molecule has 0 aromatic carbocycles. The SMILES string of the molecule is B12[SiH]3[SiH]4[SiH]1[SiH]1[SiH]4[SiH]4[SiH]1[SiH]1[SiH]5[SiH]2[SiH]3[SiH]5[SiH]14. The van der Waals surface area contributed by atoms with Crippen molar-refractivity contribution in [1.82, 2.24) is 0 Å². The molecule has 14 heteroatoms. The maximum atomic E-state index is 2.18. The number of fused-ring (bicyclic) bond motifs is 21. The van der Waals surface area contributed by atoms with E-state index in [1.54, 1.807) is 0 Å². The lowest BCUT2D eigenvalue weighted by molar-refractivity contribution is 2.95. The van der Waals surface area contributed by atoms with Crippen molar-refractivity contribution in [3.63, 3.8) is 0 Å². The Bertz CT molecular complexity index is 232. The molecule has 0 bridgehead atoms. The van der Waals surface area contributed by atoms with Crippen LogP contribution in [-0.2, 0) is 0 Å². The van der Waals surface area contributed by atoms with Gasteiger partial charge in [0.15, 0.2) is 0 Å². The van der Waals surface area contributed by atoms with E-state index < -0.39 is 0 Å². The molecule has 68 valence electrons. The van der Waals surface area contributed by atoms with E-state index in [1.165, 1.54) is 0 Å². The van der Waals surface area contributed by atoms with Crippen molar-refractivity contribution in [2.45, 2.75) is 0 Å². The van der Waals surface area contributed by atoms with Crippen molar-refractivity contribution in [2.75, 3.05) is 0 Å². The first kappa shape index (κ1) is 7.47. The minimum Gasteiger partial charge on any atom is -0.0231 e. The summed E-state index contributed by atoms with van der Waals surface area (Å²) in [6, 6.07) is 0. The largest absolute Gasteiger partial charge is 0.0960 e. The van der Waals surface area contributed by atoms with Gasteiger partial charge < -0.3 is 0 Å². The Hall–Kier alpha value is 2.88. The molecule has 0 spiro atoms. The first-order chi connectivity index (χ1) is 7.00. The molecule has 0 aliphatic carbocycles. The van der Waals surface area contributed by atoms with E-state index in [0.29, 0.717) is 52.5 Å². The Morgan fingerprint density at radius 3 is 1.29 bits per heavy atom. The molecule has 0 aromatic heterocycles. The van der Waals surface area contributed by atoms with E-state index in [9.17, 15) is 0 Å². The van der Waals surface area contributed by atoms with Crippen LogP contribution in [0.1, 0.15) is 0 Å². The normalized spacial score (nSPS) is 103. The first-order valence-corrected chi connectivity index (χ1v) is 57.0. The number of rotatable bonds is 0. The van der Waals surface area contributed by atoms with Crippen LogP contribution in [-0.4, -0.2) is 102 Å². The van der Waals surface area contributed by atoms with Crippen LogP contribution in [0, 0.1) is 0 Å². The van der Waals surface area contributed by atoms with Gasteiger partial charge in [0.05, 0.1) is 5.49 Å². The van der Waals surface area contributed by atoms with E-state index in [1.807, 2.05) is 0 Å². The van der Waals surface area contributed by atoms with Gasteiger partial charge in [0, 0.05) is 0 Å². The van der Waals surface area contributed by atoms with Gasteiger partial charge in [0.25, 0.3) is 0 Å². The molecule has 12 atom stereocenters. The topological polar surface area (TPSA) is 0 Å². The molecular formula is H13BSi13. The number of hydrogen-bond donors (Lipinski definition) is 0. The fourth-order valence-corrected chi connectivity index (χ4v) is 1710. The summed E-state index contributed by atoms with van der Waals surface area (Å²) in [5.74, 6) is 0. The molecule has 7 aliphatic rings. The highest BCUT2D eigenvalue weighted by atomic mass is 31.0. The van der Waals surface area contributed by atoms with Crippen LogP contribution >= 0.6 is 0 Å². The van der Waals surface area contributed by atoms with Gasteiger partial charge >= 0.3 is 0 Å². The molecule has 7 heterocycles. The molecule has 12 unspecified atom stereocenters. The monoisotopic (exact) mass is 388 g/mol. The molecule has 0 saturated carbocycles. The smallest absolute Gasteiger partial charge is 0.0231 e. The summed E-state index contributed by atoms with van der Waals surface area (Å²) in [5, 5.41) is 0. The molecule has 7 rings (SSSR count). The van der Waals surface area contributed by atoms with Crippen molar-refractivity contribution in [1.29, 1.82) is 0 Å². The van der Waals surface area contributed by atoms with Gasteiger partial charge in [-0.1, -0.05) is 0 Å². The summed E-state index contributed by atoms with van der Waals surface area (Å²) in [7, 11) is 9.26. The molecule has 14 heavy (non-hydrogen) atoms. The highest BCUT2D eigenvalue weighted by Gasteiger charge is 3.01. The predicted octanol–water partition coefficient (Wildman–Crippen LogP) is -8.81. The summed E-state index contributed by atoms with van der Waals surface area (Å²) in [4.78, 5) is 0. The summed E-state index contributed by atoms with van der Waals surface area (Å²) in [6.07, 6.45) is 0. The highest BCUT2D eigenvalue weighted by molar-refractivity contribution is 8.76. The first-order valence-electron chi connectivity index (χ1n) is 7.00. The van der Waals surface area contributed by atoms with Gasteiger partial charge in [-0.2, -0.15) is 0 Å². The highest BCUT2D eigenvalue weighted by Crippen LogP contribution is 2.63. The van der Waals surface area contributed by atoms with Crippen LogP contribution in [0.5, 0.6) is 0 Å². The van der Waals surface area contributed by atoms with Gasteiger partial charge in [-0.05, 0) is 96.6 Å². The quantitative estimate of drug-likeness (QED) is 0.362. The van der Waals surface area contributed by atoms with E-state index in [2.05, 4.69) is 5.49 Å². The minimum atomic E-state index is 0.639. The van der Waals surface area contributed by atoms with Crippen molar-refractivity contribution >= 4 is 102 Å². The lowest BCUT2D eigenvalue weighted by Gasteiger charge is -2.81. The molecule has 0 N–H and O–H groups in total. The second kappa shape index (κ2) is 1.75. The third kappa shape index (κ3) is 0.380. The summed E-state index contributed by atoms with van der Waals surface area (Å²) in [5.41, 5.74) is 2.18. The molecule has 7 aliphatic heterocycles. The fraction of sp³-hybridized carbons (Fsp3) is 0. The van der Waals surface area contributed by atoms with E-state index in [0.717, 1.165) is 44.1 Å². The van der Waals surface area contributed by atoms with E-state index in [4.69, 9.17) is 0 Å². The van der Waals surface area contributed by atoms with Gasteiger partial charge in [0.1, 0.15) is 0 Å². The molecule has 0 radical (unpaired) electrons. The Morgan fingerprint density at radius 1 is 0.357 bits per heavy atom. The Kier molecular flexibility index (Phi) is 0.932. The van der Waals surface area contributed by atoms with Crippen molar-refractivity contribution in [2.24, 2.45) is 0 Å². The van der Waals surface area contributed by atoms with Crippen LogP contribution in [0.3, 0.4) is 0 Å². The maximum absolute atomic E-state index is 2.18. The third-order valence-electron chi connectivity index (χ3n) is 9.33. The zero-order chi connectivity index (χ0) is 8.08. The standard InChI is InChI=1S/BH13Si13/c1-2-5-3(1)7-9(5)13-11(7)12-8-4(1)6(2)10(8)14(12)13/h2-14H. The fourth-order valence-electron chi connectivity index (χ4n) is 9.76. The molecular weight excluding hydrogens is 376 g/mol. The van der Waals surface area contributed by atoms with Crippen LogP contribution in [0.4, 0.5) is 0 Å². The van der Waals surface area contributed by atoms with Gasteiger partial charge in [-0.15, -0.1) is 0 Å². The van der Waals surface area contributed by atoms with Crippen LogP contribution in [0.25, 0.3) is 0 Å².